The molecule has 0 spiro atoms. The summed E-state index contributed by atoms with van der Waals surface area (Å²) in [4.78, 5) is 55.3. The zero-order valence-electron chi connectivity index (χ0n) is 35.8. The fourth-order valence-corrected chi connectivity index (χ4v) is 10.3. The number of ether oxygens (including phenoxy) is 1. The molecular formula is C46H53ClN9O6P. The van der Waals surface area contributed by atoms with Gasteiger partial charge in [-0.05, 0) is 68.5 Å². The number of imide groups is 1. The predicted octanol–water partition coefficient (Wildman–Crippen LogP) is 5.16. The summed E-state index contributed by atoms with van der Waals surface area (Å²) in [5.41, 5.74) is 5.18. The van der Waals surface area contributed by atoms with Gasteiger partial charge in [0.25, 0.3) is 5.91 Å². The number of piperazine rings is 1. The van der Waals surface area contributed by atoms with Crippen molar-refractivity contribution in [3.8, 4) is 17.6 Å². The molecule has 3 saturated heterocycles. The van der Waals surface area contributed by atoms with Crippen molar-refractivity contribution in [2.24, 2.45) is 0 Å². The van der Waals surface area contributed by atoms with Gasteiger partial charge in [-0.15, -0.1) is 0 Å². The predicted molar refractivity (Wildman–Crippen MR) is 245 cm³/mol. The molecule has 1 unspecified atom stereocenters. The van der Waals surface area contributed by atoms with E-state index in [2.05, 4.69) is 52.5 Å². The van der Waals surface area contributed by atoms with Crippen molar-refractivity contribution in [1.82, 2.24) is 30.0 Å². The quantitative estimate of drug-likeness (QED) is 0.0837. The van der Waals surface area contributed by atoms with Gasteiger partial charge >= 0.3 is 0 Å². The number of piperidine rings is 2. The topological polar surface area (TPSA) is 173 Å². The van der Waals surface area contributed by atoms with E-state index in [-0.39, 0.29) is 30.8 Å². The monoisotopic (exact) mass is 893 g/mol. The van der Waals surface area contributed by atoms with Crippen LogP contribution in [0.15, 0.2) is 60.8 Å². The Kier molecular flexibility index (Phi) is 13.4. The summed E-state index contributed by atoms with van der Waals surface area (Å²) < 4.78 is 18.8. The summed E-state index contributed by atoms with van der Waals surface area (Å²) in [7, 11) is -0.970. The molecule has 3 amide bonds. The van der Waals surface area contributed by atoms with Crippen LogP contribution in [-0.4, -0.2) is 126 Å². The van der Waals surface area contributed by atoms with Gasteiger partial charge in [0, 0.05) is 105 Å². The lowest BCUT2D eigenvalue weighted by Gasteiger charge is -2.43. The highest BCUT2D eigenvalue weighted by molar-refractivity contribution is 7.70. The van der Waals surface area contributed by atoms with Crippen LogP contribution >= 0.6 is 18.7 Å². The van der Waals surface area contributed by atoms with Crippen molar-refractivity contribution in [3.05, 3.63) is 88.1 Å². The van der Waals surface area contributed by atoms with Crippen LogP contribution in [0.2, 0.25) is 5.02 Å². The third-order valence-electron chi connectivity index (χ3n) is 12.4. The second-order valence-electron chi connectivity index (χ2n) is 16.7. The highest BCUT2D eigenvalue weighted by atomic mass is 35.5. The van der Waals surface area contributed by atoms with E-state index < -0.39 is 19.1 Å². The molecule has 0 radical (unpaired) electrons. The molecule has 63 heavy (non-hydrogen) atoms. The number of benzene rings is 3. The zero-order chi connectivity index (χ0) is 44.3. The number of nitrogens with zero attached hydrogens (tertiary/aromatic N) is 6. The molecule has 4 aromatic rings. The smallest absolute Gasteiger partial charge is 0.255 e. The molecule has 0 bridgehead atoms. The maximum absolute atomic E-state index is 13.2. The number of hydrogen-bond acceptors (Lipinski definition) is 13. The van der Waals surface area contributed by atoms with Gasteiger partial charge in [0.2, 0.25) is 17.8 Å². The first kappa shape index (κ1) is 44.1. The standard InChI is InChI=1S/C46H53ClN9O6P/c1-62-40-26-39(31(29-57)25-37(40)50-46-48-27-35(47)43(52-46)49-36-12-4-5-13-41(36)63(2,3)61)55-19-16-32(17-20-55)54-23-21-53(22-24-54)18-7-6-9-30-10-8-11-33-34(30)28-56(45(33)60)38-14-15-42(58)51-44(38)59/h4-5,8,10-13,25-27,32,38,57H,7,14-24,28-29H2,1-3H3,(H,51,58,59)(H2,48,49,50,52). The van der Waals surface area contributed by atoms with Crippen molar-refractivity contribution < 1.29 is 28.8 Å². The Morgan fingerprint density at radius 3 is 2.48 bits per heavy atom. The second kappa shape index (κ2) is 19.1. The number of aliphatic hydroxyl groups is 1. The Balaban J connectivity index is 0.828. The molecule has 3 fully saturated rings. The van der Waals surface area contributed by atoms with Crippen molar-refractivity contribution >= 4 is 70.6 Å². The van der Waals surface area contributed by atoms with Crippen LogP contribution in [0.4, 0.5) is 28.8 Å². The van der Waals surface area contributed by atoms with Gasteiger partial charge in [-0.3, -0.25) is 29.5 Å². The fraction of sp³-hybridized carbons (Fsp3) is 0.413. The number of halogens is 1. The number of rotatable bonds is 12. The van der Waals surface area contributed by atoms with E-state index in [0.717, 1.165) is 81.0 Å². The lowest BCUT2D eigenvalue weighted by molar-refractivity contribution is -0.136. The normalized spacial score (nSPS) is 18.7. The fourth-order valence-electron chi connectivity index (χ4n) is 9.01. The Bertz CT molecular complexity index is 2510. The number of anilines is 5. The number of aliphatic hydroxyl groups excluding tert-OH is 1. The molecule has 5 heterocycles. The van der Waals surface area contributed by atoms with Crippen molar-refractivity contribution in [2.45, 2.75) is 57.3 Å². The second-order valence-corrected chi connectivity index (χ2v) is 20.3. The minimum Gasteiger partial charge on any atom is -0.494 e. The molecule has 0 aliphatic carbocycles. The summed E-state index contributed by atoms with van der Waals surface area (Å²) >= 11 is 6.50. The van der Waals surface area contributed by atoms with Gasteiger partial charge in [0.1, 0.15) is 24.0 Å². The summed E-state index contributed by atoms with van der Waals surface area (Å²) in [6, 6.07) is 16.6. The van der Waals surface area contributed by atoms with Crippen LogP contribution < -0.4 is 30.9 Å². The number of para-hydroxylation sites is 1. The molecule has 8 rings (SSSR count). The summed E-state index contributed by atoms with van der Waals surface area (Å²) in [6.45, 7) is 10.1. The van der Waals surface area contributed by atoms with Gasteiger partial charge in [-0.1, -0.05) is 41.6 Å². The number of aromatic nitrogens is 2. The van der Waals surface area contributed by atoms with Crippen molar-refractivity contribution in [2.75, 3.05) is 81.8 Å². The Hall–Kier alpha value is -5.49. The highest BCUT2D eigenvalue weighted by Crippen LogP contribution is 2.40. The van der Waals surface area contributed by atoms with Crippen LogP contribution in [-0.2, 0) is 27.3 Å². The average Bonchev–Trinajstić information content (AvgIpc) is 3.62. The minimum absolute atomic E-state index is 0.157. The average molecular weight is 894 g/mol. The first-order chi connectivity index (χ1) is 30.4. The third kappa shape index (κ3) is 9.86. The van der Waals surface area contributed by atoms with Crippen LogP contribution in [0, 0.1) is 11.8 Å². The number of amides is 3. The minimum atomic E-state index is -2.58. The van der Waals surface area contributed by atoms with Gasteiger partial charge in [-0.25, -0.2) is 4.98 Å². The van der Waals surface area contributed by atoms with E-state index in [4.69, 9.17) is 16.3 Å². The molecular weight excluding hydrogens is 841 g/mol. The molecule has 15 nitrogen and oxygen atoms in total. The lowest BCUT2D eigenvalue weighted by Crippen LogP contribution is -2.53. The third-order valence-corrected chi connectivity index (χ3v) is 14.2. The number of carbonyl (C=O) groups is 3. The van der Waals surface area contributed by atoms with E-state index in [1.165, 1.54) is 6.20 Å². The molecule has 330 valence electrons. The number of hydrogen-bond donors (Lipinski definition) is 4. The van der Waals surface area contributed by atoms with Crippen molar-refractivity contribution in [3.63, 3.8) is 0 Å². The van der Waals surface area contributed by atoms with Gasteiger partial charge < -0.3 is 34.8 Å². The number of nitrogens with one attached hydrogen (secondary N) is 3. The summed E-state index contributed by atoms with van der Waals surface area (Å²) in [5.74, 6) is 6.94. The molecule has 4 N–H and O–H groups in total. The Morgan fingerprint density at radius 1 is 0.968 bits per heavy atom. The highest BCUT2D eigenvalue weighted by Gasteiger charge is 2.40. The maximum Gasteiger partial charge on any atom is 0.255 e. The van der Waals surface area contributed by atoms with E-state index in [9.17, 15) is 24.1 Å². The number of methoxy groups -OCH3 is 1. The van der Waals surface area contributed by atoms with E-state index >= 15 is 0 Å². The lowest BCUT2D eigenvalue weighted by atomic mass is 10.00. The Labute approximate surface area is 372 Å². The Morgan fingerprint density at radius 2 is 1.75 bits per heavy atom. The van der Waals surface area contributed by atoms with E-state index in [0.29, 0.717) is 64.3 Å². The molecule has 4 aliphatic heterocycles. The molecule has 3 aromatic carbocycles. The summed E-state index contributed by atoms with van der Waals surface area (Å²) in [5, 5.41) is 20.4. The van der Waals surface area contributed by atoms with Crippen LogP contribution in [0.5, 0.6) is 5.75 Å². The van der Waals surface area contributed by atoms with Crippen LogP contribution in [0.25, 0.3) is 0 Å². The van der Waals surface area contributed by atoms with E-state index in [1.807, 2.05) is 48.5 Å². The molecule has 4 aliphatic rings. The van der Waals surface area contributed by atoms with Gasteiger partial charge in [0.15, 0.2) is 5.82 Å². The van der Waals surface area contributed by atoms with Crippen LogP contribution in [0.1, 0.15) is 59.2 Å². The maximum atomic E-state index is 13.2. The largest absolute Gasteiger partial charge is 0.494 e. The summed E-state index contributed by atoms with van der Waals surface area (Å²) in [6.07, 6.45) is 4.78. The SMILES string of the molecule is COc1cc(N2CCC(N3CCN(CCC#Cc4cccc5c4CN(C4CCC(=O)NC4=O)C5=O)CC3)CC2)c(CO)cc1Nc1ncc(Cl)c(Nc2ccccc2P(C)(C)=O)n1. The zero-order valence-corrected chi connectivity index (χ0v) is 37.5. The number of carbonyl (C=O) groups excluding carboxylic acids is 3. The first-order valence-corrected chi connectivity index (χ1v) is 24.4. The molecule has 0 saturated carbocycles. The van der Waals surface area contributed by atoms with Gasteiger partial charge in [0.05, 0.1) is 31.3 Å². The van der Waals surface area contributed by atoms with Crippen molar-refractivity contribution in [1.29, 1.82) is 0 Å². The molecule has 1 atom stereocenters. The number of fused-ring (bicyclic) bond motifs is 1. The molecule has 1 aromatic heterocycles. The molecule has 17 heteroatoms. The van der Waals surface area contributed by atoms with E-state index in [1.54, 1.807) is 31.4 Å². The van der Waals surface area contributed by atoms with Crippen LogP contribution in [0.3, 0.4) is 0 Å². The van der Waals surface area contributed by atoms with Gasteiger partial charge in [-0.2, -0.15) is 4.98 Å². The first-order valence-electron chi connectivity index (χ1n) is 21.4.